The summed E-state index contributed by atoms with van der Waals surface area (Å²) in [6, 6.07) is 15.9. The van der Waals surface area contributed by atoms with E-state index in [1.807, 2.05) is 36.4 Å². The normalized spacial score (nSPS) is 12.3. The monoisotopic (exact) mass is 316 g/mol. The molecule has 0 radical (unpaired) electrons. The Morgan fingerprint density at radius 3 is 2.62 bits per heavy atom. The summed E-state index contributed by atoms with van der Waals surface area (Å²) in [7, 11) is 0. The Balaban J connectivity index is 1.92. The lowest BCUT2D eigenvalue weighted by molar-refractivity contribution is 0.886. The van der Waals surface area contributed by atoms with E-state index >= 15 is 0 Å². The molecule has 4 heteroatoms. The molecule has 0 saturated carbocycles. The van der Waals surface area contributed by atoms with Gasteiger partial charge in [0.15, 0.2) is 0 Å². The number of aromatic nitrogens is 1. The minimum Gasteiger partial charge on any atom is -0.377 e. The van der Waals surface area contributed by atoms with Crippen LogP contribution in [0.2, 0.25) is 10.0 Å². The van der Waals surface area contributed by atoms with Crippen LogP contribution in [0, 0.1) is 0 Å². The first-order valence-electron chi connectivity index (χ1n) is 6.70. The van der Waals surface area contributed by atoms with Crippen LogP contribution in [0.4, 0.5) is 5.69 Å². The average Bonchev–Trinajstić information content (AvgIpc) is 2.50. The van der Waals surface area contributed by atoms with Crippen LogP contribution in [0.5, 0.6) is 0 Å². The van der Waals surface area contributed by atoms with Crippen molar-refractivity contribution >= 4 is 39.8 Å². The Labute approximate surface area is 133 Å². The maximum atomic E-state index is 6.08. The molecule has 0 aliphatic rings. The fourth-order valence-corrected chi connectivity index (χ4v) is 2.63. The molecule has 106 valence electrons. The van der Waals surface area contributed by atoms with Gasteiger partial charge in [0.2, 0.25) is 0 Å². The van der Waals surface area contributed by atoms with Crippen molar-refractivity contribution in [2.75, 3.05) is 5.32 Å². The zero-order valence-electron chi connectivity index (χ0n) is 11.5. The summed E-state index contributed by atoms with van der Waals surface area (Å²) in [5, 5.41) is 5.74. The Bertz CT molecular complexity index is 781. The van der Waals surface area contributed by atoms with Crippen molar-refractivity contribution in [2.24, 2.45) is 0 Å². The first-order chi connectivity index (χ1) is 10.1. The van der Waals surface area contributed by atoms with Gasteiger partial charge in [0.05, 0.1) is 21.2 Å². The van der Waals surface area contributed by atoms with E-state index in [0.29, 0.717) is 10.0 Å². The van der Waals surface area contributed by atoms with Crippen molar-refractivity contribution in [3.8, 4) is 0 Å². The Hall–Kier alpha value is -1.77. The van der Waals surface area contributed by atoms with Crippen LogP contribution in [-0.4, -0.2) is 4.98 Å². The summed E-state index contributed by atoms with van der Waals surface area (Å²) in [5.74, 6) is 0. The second kappa shape index (κ2) is 5.92. The molecular weight excluding hydrogens is 303 g/mol. The number of nitrogens with one attached hydrogen (secondary N) is 1. The third-order valence-electron chi connectivity index (χ3n) is 3.45. The van der Waals surface area contributed by atoms with Crippen LogP contribution >= 0.6 is 23.2 Å². The van der Waals surface area contributed by atoms with E-state index in [1.165, 1.54) is 0 Å². The zero-order valence-corrected chi connectivity index (χ0v) is 13.0. The number of pyridine rings is 1. The van der Waals surface area contributed by atoms with Gasteiger partial charge < -0.3 is 5.32 Å². The van der Waals surface area contributed by atoms with E-state index in [1.54, 1.807) is 6.20 Å². The number of fused-ring (bicyclic) bond motifs is 1. The predicted octanol–water partition coefficient (Wildman–Crippen LogP) is 5.71. The summed E-state index contributed by atoms with van der Waals surface area (Å²) in [5.41, 5.74) is 3.05. The molecule has 3 aromatic rings. The SMILES string of the molecule is CC(Nc1cccc2cccnc12)c1ccc(Cl)c(Cl)c1. The molecule has 1 atom stereocenters. The van der Waals surface area contributed by atoms with E-state index in [9.17, 15) is 0 Å². The summed E-state index contributed by atoms with van der Waals surface area (Å²) in [4.78, 5) is 4.45. The summed E-state index contributed by atoms with van der Waals surface area (Å²) in [6.07, 6.45) is 1.80. The highest BCUT2D eigenvalue weighted by Gasteiger charge is 2.09. The van der Waals surface area contributed by atoms with Crippen molar-refractivity contribution in [3.05, 3.63) is 70.3 Å². The minimum atomic E-state index is 0.104. The van der Waals surface area contributed by atoms with Gasteiger partial charge >= 0.3 is 0 Å². The number of nitrogens with zero attached hydrogens (tertiary/aromatic N) is 1. The molecule has 1 heterocycles. The van der Waals surface area contributed by atoms with Gasteiger partial charge in [-0.3, -0.25) is 4.98 Å². The van der Waals surface area contributed by atoms with Gasteiger partial charge in [-0.2, -0.15) is 0 Å². The average molecular weight is 317 g/mol. The fraction of sp³-hybridized carbons (Fsp3) is 0.118. The first kappa shape index (κ1) is 14.2. The minimum absolute atomic E-state index is 0.104. The lowest BCUT2D eigenvalue weighted by Gasteiger charge is -2.17. The zero-order chi connectivity index (χ0) is 14.8. The van der Waals surface area contributed by atoms with E-state index < -0.39 is 0 Å². The van der Waals surface area contributed by atoms with Gasteiger partial charge in [-0.1, -0.05) is 47.5 Å². The fourth-order valence-electron chi connectivity index (χ4n) is 2.32. The van der Waals surface area contributed by atoms with E-state index in [2.05, 4.69) is 29.4 Å². The third-order valence-corrected chi connectivity index (χ3v) is 4.19. The molecule has 21 heavy (non-hydrogen) atoms. The Morgan fingerprint density at radius 1 is 1.00 bits per heavy atom. The summed E-state index contributed by atoms with van der Waals surface area (Å²) >= 11 is 12.0. The van der Waals surface area contributed by atoms with Gasteiger partial charge in [-0.15, -0.1) is 0 Å². The second-order valence-electron chi connectivity index (χ2n) is 4.92. The number of para-hydroxylation sites is 1. The molecule has 0 fully saturated rings. The van der Waals surface area contributed by atoms with Crippen LogP contribution < -0.4 is 5.32 Å². The largest absolute Gasteiger partial charge is 0.377 e. The molecule has 1 N–H and O–H groups in total. The number of rotatable bonds is 3. The molecule has 0 aliphatic heterocycles. The van der Waals surface area contributed by atoms with Crippen molar-refractivity contribution in [3.63, 3.8) is 0 Å². The number of halogens is 2. The number of benzene rings is 2. The van der Waals surface area contributed by atoms with Crippen LogP contribution in [0.15, 0.2) is 54.7 Å². The van der Waals surface area contributed by atoms with Gasteiger partial charge in [-0.05, 0) is 36.8 Å². The van der Waals surface area contributed by atoms with E-state index in [0.717, 1.165) is 22.2 Å². The molecule has 0 bridgehead atoms. The molecule has 0 amide bonds. The molecule has 0 aliphatic carbocycles. The molecule has 3 rings (SSSR count). The van der Waals surface area contributed by atoms with Crippen molar-refractivity contribution in [2.45, 2.75) is 13.0 Å². The third kappa shape index (κ3) is 2.97. The van der Waals surface area contributed by atoms with E-state index in [4.69, 9.17) is 23.2 Å². The van der Waals surface area contributed by atoms with Gasteiger partial charge in [-0.25, -0.2) is 0 Å². The van der Waals surface area contributed by atoms with Crippen LogP contribution in [-0.2, 0) is 0 Å². The standard InChI is InChI=1S/C17H14Cl2N2/c1-11(13-7-8-14(18)15(19)10-13)21-16-6-2-4-12-5-3-9-20-17(12)16/h2-11,21H,1H3. The van der Waals surface area contributed by atoms with Crippen LogP contribution in [0.25, 0.3) is 10.9 Å². The lowest BCUT2D eigenvalue weighted by atomic mass is 10.1. The molecular formula is C17H14Cl2N2. The van der Waals surface area contributed by atoms with Crippen LogP contribution in [0.3, 0.4) is 0 Å². The summed E-state index contributed by atoms with van der Waals surface area (Å²) < 4.78 is 0. The van der Waals surface area contributed by atoms with Crippen LogP contribution in [0.1, 0.15) is 18.5 Å². The maximum Gasteiger partial charge on any atom is 0.0933 e. The molecule has 1 aromatic heterocycles. The number of hydrogen-bond acceptors (Lipinski definition) is 2. The lowest BCUT2D eigenvalue weighted by Crippen LogP contribution is -2.07. The number of hydrogen-bond donors (Lipinski definition) is 1. The van der Waals surface area contributed by atoms with Gasteiger partial charge in [0, 0.05) is 17.6 Å². The molecule has 2 nitrogen and oxygen atoms in total. The smallest absolute Gasteiger partial charge is 0.0933 e. The highest BCUT2D eigenvalue weighted by atomic mass is 35.5. The second-order valence-corrected chi connectivity index (χ2v) is 5.73. The van der Waals surface area contributed by atoms with E-state index in [-0.39, 0.29) is 6.04 Å². The molecule has 2 aromatic carbocycles. The highest BCUT2D eigenvalue weighted by molar-refractivity contribution is 6.42. The van der Waals surface area contributed by atoms with Crippen molar-refractivity contribution in [1.29, 1.82) is 0 Å². The topological polar surface area (TPSA) is 24.9 Å². The molecule has 0 spiro atoms. The first-order valence-corrected chi connectivity index (χ1v) is 7.46. The molecule has 1 unspecified atom stereocenters. The van der Waals surface area contributed by atoms with Gasteiger partial charge in [0.1, 0.15) is 0 Å². The Morgan fingerprint density at radius 2 is 1.81 bits per heavy atom. The highest BCUT2D eigenvalue weighted by Crippen LogP contribution is 2.29. The molecule has 0 saturated heterocycles. The number of anilines is 1. The predicted molar refractivity (Wildman–Crippen MR) is 90.2 cm³/mol. The van der Waals surface area contributed by atoms with Crippen molar-refractivity contribution < 1.29 is 0 Å². The van der Waals surface area contributed by atoms with Crippen molar-refractivity contribution in [1.82, 2.24) is 4.98 Å². The quantitative estimate of drug-likeness (QED) is 0.669. The Kier molecular flexibility index (Phi) is 4.00. The maximum absolute atomic E-state index is 6.08. The summed E-state index contributed by atoms with van der Waals surface area (Å²) in [6.45, 7) is 2.08. The van der Waals surface area contributed by atoms with Gasteiger partial charge in [0.25, 0.3) is 0 Å².